The van der Waals surface area contributed by atoms with Crippen LogP contribution in [0.5, 0.6) is 0 Å². The van der Waals surface area contributed by atoms with Gasteiger partial charge in [0.25, 0.3) is 0 Å². The predicted octanol–water partition coefficient (Wildman–Crippen LogP) is 3.65. The fraction of sp³-hybridized carbons (Fsp3) is 0.278. The molecule has 0 radical (unpaired) electrons. The third kappa shape index (κ3) is 2.33. The first-order valence-corrected chi connectivity index (χ1v) is 8.07. The Hall–Kier alpha value is -2.55. The van der Waals surface area contributed by atoms with Crippen LogP contribution in [0.25, 0.3) is 0 Å². The van der Waals surface area contributed by atoms with Gasteiger partial charge in [-0.2, -0.15) is 15.8 Å². The third-order valence-electron chi connectivity index (χ3n) is 4.49. The molecule has 1 fully saturated rings. The van der Waals surface area contributed by atoms with Gasteiger partial charge in [-0.15, -0.1) is 0 Å². The van der Waals surface area contributed by atoms with Gasteiger partial charge in [0.15, 0.2) is 5.41 Å². The quantitative estimate of drug-likeness (QED) is 0.865. The summed E-state index contributed by atoms with van der Waals surface area (Å²) in [6, 6.07) is 13.8. The van der Waals surface area contributed by atoms with Crippen molar-refractivity contribution in [3.63, 3.8) is 0 Å². The van der Waals surface area contributed by atoms with E-state index in [-0.39, 0.29) is 5.70 Å². The number of halogens is 1. The van der Waals surface area contributed by atoms with E-state index in [4.69, 9.17) is 5.73 Å². The molecule has 0 bridgehead atoms. The second kappa shape index (κ2) is 5.58. The first-order valence-electron chi connectivity index (χ1n) is 7.27. The number of nitrogens with two attached hydrogens (primary N) is 1. The van der Waals surface area contributed by atoms with Crippen molar-refractivity contribution in [3.8, 4) is 18.2 Å². The first-order chi connectivity index (χ1) is 11.1. The zero-order valence-electron chi connectivity index (χ0n) is 12.3. The Balaban J connectivity index is 2.25. The van der Waals surface area contributed by atoms with Gasteiger partial charge in [-0.3, -0.25) is 0 Å². The van der Waals surface area contributed by atoms with Gasteiger partial charge in [-0.05, 0) is 42.0 Å². The van der Waals surface area contributed by atoms with Gasteiger partial charge in [0.2, 0.25) is 0 Å². The Bertz CT molecular complexity index is 842. The van der Waals surface area contributed by atoms with Crippen LogP contribution in [-0.4, -0.2) is 0 Å². The molecule has 0 aromatic heterocycles. The lowest BCUT2D eigenvalue weighted by Gasteiger charge is -2.33. The van der Waals surface area contributed by atoms with Gasteiger partial charge in [0.05, 0.1) is 23.4 Å². The summed E-state index contributed by atoms with van der Waals surface area (Å²) in [5, 5.41) is 28.9. The number of nitrogens with zero attached hydrogens (tertiary/aromatic N) is 3. The zero-order chi connectivity index (χ0) is 16.6. The van der Waals surface area contributed by atoms with E-state index in [0.717, 1.165) is 28.5 Å². The number of allylic oxidation sites excluding steroid dienone is 4. The average Bonchev–Trinajstić information content (AvgIpc) is 3.39. The molecule has 1 unspecified atom stereocenters. The highest BCUT2D eigenvalue weighted by molar-refractivity contribution is 9.10. The highest BCUT2D eigenvalue weighted by Crippen LogP contribution is 2.51. The van der Waals surface area contributed by atoms with Gasteiger partial charge < -0.3 is 5.73 Å². The molecular weight excluding hydrogens is 352 g/mol. The molecule has 1 saturated carbocycles. The van der Waals surface area contributed by atoms with E-state index < -0.39 is 11.3 Å². The smallest absolute Gasteiger partial charge is 0.194 e. The fourth-order valence-electron chi connectivity index (χ4n) is 3.10. The van der Waals surface area contributed by atoms with E-state index >= 15 is 0 Å². The van der Waals surface area contributed by atoms with Crippen LogP contribution in [0.15, 0.2) is 51.7 Å². The van der Waals surface area contributed by atoms with Gasteiger partial charge in [-0.1, -0.05) is 34.1 Å². The SMILES string of the molecule is N#CC1=C(N)C(C#N)(C#N)C(c2cccc(Br)c2)C=C1C1CC1. The van der Waals surface area contributed by atoms with Gasteiger partial charge in [0.1, 0.15) is 6.07 Å². The number of hydrogen-bond donors (Lipinski definition) is 1. The van der Waals surface area contributed by atoms with Crippen LogP contribution < -0.4 is 5.73 Å². The van der Waals surface area contributed by atoms with Crippen molar-refractivity contribution in [2.24, 2.45) is 17.1 Å². The molecule has 112 valence electrons. The van der Waals surface area contributed by atoms with Crippen LogP contribution in [0.4, 0.5) is 0 Å². The van der Waals surface area contributed by atoms with Crippen LogP contribution in [0, 0.1) is 45.3 Å². The lowest BCUT2D eigenvalue weighted by atomic mass is 9.66. The summed E-state index contributed by atoms with van der Waals surface area (Å²) in [6.45, 7) is 0. The Morgan fingerprint density at radius 1 is 1.17 bits per heavy atom. The summed E-state index contributed by atoms with van der Waals surface area (Å²) in [4.78, 5) is 0. The van der Waals surface area contributed by atoms with Crippen LogP contribution in [0.1, 0.15) is 24.3 Å². The summed E-state index contributed by atoms with van der Waals surface area (Å²) in [5.41, 5.74) is 6.73. The molecule has 0 saturated heterocycles. The van der Waals surface area contributed by atoms with E-state index in [2.05, 4.69) is 34.1 Å². The molecule has 0 spiro atoms. The standard InChI is InChI=1S/C18H13BrN4/c19-13-3-1-2-12(6-13)16-7-14(11-4-5-11)15(8-20)17(23)18(16,9-21)10-22/h1-3,6-7,11,16H,4-5,23H2. The monoisotopic (exact) mass is 364 g/mol. The van der Waals surface area contributed by atoms with Crippen LogP contribution in [0.3, 0.4) is 0 Å². The van der Waals surface area contributed by atoms with Crippen LogP contribution in [-0.2, 0) is 0 Å². The Kier molecular flexibility index (Phi) is 3.72. The first kappa shape index (κ1) is 15.3. The lowest BCUT2D eigenvalue weighted by molar-refractivity contribution is 0.523. The molecule has 4 nitrogen and oxygen atoms in total. The minimum absolute atomic E-state index is 0.0828. The summed E-state index contributed by atoms with van der Waals surface area (Å²) in [7, 11) is 0. The molecule has 0 heterocycles. The van der Waals surface area contributed by atoms with Crippen molar-refractivity contribution in [3.05, 3.63) is 57.2 Å². The molecule has 0 aliphatic heterocycles. The van der Waals surface area contributed by atoms with Crippen molar-refractivity contribution in [1.82, 2.24) is 0 Å². The van der Waals surface area contributed by atoms with E-state index in [1.807, 2.05) is 30.3 Å². The van der Waals surface area contributed by atoms with E-state index in [9.17, 15) is 15.8 Å². The molecule has 2 aliphatic rings. The molecule has 3 rings (SSSR count). The maximum atomic E-state index is 9.73. The minimum Gasteiger partial charge on any atom is -0.399 e. The number of nitriles is 3. The zero-order valence-corrected chi connectivity index (χ0v) is 13.8. The molecule has 1 aromatic carbocycles. The fourth-order valence-corrected chi connectivity index (χ4v) is 3.52. The number of hydrogen-bond acceptors (Lipinski definition) is 4. The van der Waals surface area contributed by atoms with Gasteiger partial charge in [0, 0.05) is 10.4 Å². The van der Waals surface area contributed by atoms with Crippen molar-refractivity contribution < 1.29 is 0 Å². The molecule has 1 aromatic rings. The maximum absolute atomic E-state index is 9.73. The van der Waals surface area contributed by atoms with Crippen molar-refractivity contribution in [1.29, 1.82) is 15.8 Å². The summed E-state index contributed by atoms with van der Waals surface area (Å²) in [5.74, 6) is -0.170. The molecule has 2 aliphatic carbocycles. The van der Waals surface area contributed by atoms with Crippen LogP contribution >= 0.6 is 15.9 Å². The molecule has 0 amide bonds. The minimum atomic E-state index is -1.55. The highest BCUT2D eigenvalue weighted by Gasteiger charge is 2.49. The molecular formula is C18H13BrN4. The van der Waals surface area contributed by atoms with Crippen molar-refractivity contribution >= 4 is 15.9 Å². The highest BCUT2D eigenvalue weighted by atomic mass is 79.9. The average molecular weight is 365 g/mol. The van der Waals surface area contributed by atoms with Crippen molar-refractivity contribution in [2.75, 3.05) is 0 Å². The summed E-state index contributed by atoms with van der Waals surface area (Å²) in [6.07, 6.45) is 3.93. The van der Waals surface area contributed by atoms with Crippen molar-refractivity contribution in [2.45, 2.75) is 18.8 Å². The number of benzene rings is 1. The maximum Gasteiger partial charge on any atom is 0.194 e. The van der Waals surface area contributed by atoms with E-state index in [1.165, 1.54) is 0 Å². The van der Waals surface area contributed by atoms with Gasteiger partial charge in [-0.25, -0.2) is 0 Å². The summed E-state index contributed by atoms with van der Waals surface area (Å²) < 4.78 is 0.870. The Morgan fingerprint density at radius 3 is 2.39 bits per heavy atom. The summed E-state index contributed by atoms with van der Waals surface area (Å²) >= 11 is 3.43. The number of rotatable bonds is 2. The largest absolute Gasteiger partial charge is 0.399 e. The molecule has 1 atom stereocenters. The predicted molar refractivity (Wildman–Crippen MR) is 88.2 cm³/mol. The second-order valence-corrected chi connectivity index (χ2v) is 6.78. The van der Waals surface area contributed by atoms with Gasteiger partial charge >= 0.3 is 0 Å². The second-order valence-electron chi connectivity index (χ2n) is 5.86. The molecule has 23 heavy (non-hydrogen) atoms. The van der Waals surface area contributed by atoms with Crippen LogP contribution in [0.2, 0.25) is 0 Å². The third-order valence-corrected chi connectivity index (χ3v) is 4.98. The lowest BCUT2D eigenvalue weighted by Crippen LogP contribution is -2.35. The molecule has 2 N–H and O–H groups in total. The normalized spacial score (nSPS) is 22.5. The Morgan fingerprint density at radius 2 is 1.87 bits per heavy atom. The topological polar surface area (TPSA) is 97.4 Å². The van der Waals surface area contributed by atoms with E-state index in [0.29, 0.717) is 11.5 Å². The Labute approximate surface area is 143 Å². The molecule has 5 heteroatoms. The van der Waals surface area contributed by atoms with E-state index in [1.54, 1.807) is 0 Å².